The Morgan fingerprint density at radius 1 is 1.23 bits per heavy atom. The van der Waals surface area contributed by atoms with Gasteiger partial charge in [-0.1, -0.05) is 17.7 Å². The van der Waals surface area contributed by atoms with E-state index in [0.29, 0.717) is 6.54 Å². The van der Waals surface area contributed by atoms with E-state index in [0.717, 1.165) is 24.6 Å². The fourth-order valence-corrected chi connectivity index (χ4v) is 5.62. The Bertz CT molecular complexity index is 791. The van der Waals surface area contributed by atoms with Crippen molar-refractivity contribution in [3.63, 3.8) is 0 Å². The molecule has 0 radical (unpaired) electrons. The first-order chi connectivity index (χ1) is 12.1. The molecule has 1 fully saturated rings. The van der Waals surface area contributed by atoms with E-state index in [1.165, 1.54) is 0 Å². The lowest BCUT2D eigenvalue weighted by Crippen LogP contribution is -2.25. The number of rotatable bonds is 3. The molecule has 0 aromatic carbocycles. The van der Waals surface area contributed by atoms with Crippen LogP contribution in [0.4, 0.5) is 19.0 Å². The molecule has 1 unspecified atom stereocenters. The molecular formula is C18H21ClF3N3S. The zero-order valence-corrected chi connectivity index (χ0v) is 16.4. The molecule has 3 heterocycles. The third-order valence-corrected chi connectivity index (χ3v) is 6.44. The quantitative estimate of drug-likeness (QED) is 0.630. The number of hydrogen-bond acceptors (Lipinski definition) is 3. The summed E-state index contributed by atoms with van der Waals surface area (Å²) in [6, 6.07) is 6.66. The van der Waals surface area contributed by atoms with Crippen molar-refractivity contribution in [2.24, 2.45) is 0 Å². The fraction of sp³-hybridized carbons (Fsp3) is 0.444. The fourth-order valence-electron chi connectivity index (χ4n) is 3.35. The highest BCUT2D eigenvalue weighted by atomic mass is 35.5. The van der Waals surface area contributed by atoms with Crippen molar-refractivity contribution in [3.8, 4) is 0 Å². The summed E-state index contributed by atoms with van der Waals surface area (Å²) in [4.78, 5) is 10.7. The van der Waals surface area contributed by atoms with Crippen LogP contribution in [0.25, 0.3) is 0 Å². The van der Waals surface area contributed by atoms with E-state index in [2.05, 4.69) is 9.97 Å². The summed E-state index contributed by atoms with van der Waals surface area (Å²) in [7, 11) is -1.70. The molecule has 1 atom stereocenters. The van der Waals surface area contributed by atoms with Gasteiger partial charge in [-0.05, 0) is 49.8 Å². The summed E-state index contributed by atoms with van der Waals surface area (Å²) >= 11 is 6.26. The van der Waals surface area contributed by atoms with E-state index < -0.39 is 21.8 Å². The second-order valence-corrected chi connectivity index (χ2v) is 11.5. The SMILES string of the molecule is CS(C)(C)c1c(C(F)(F)F)cc(N2CCCC2c2ccccn2)nc1Cl. The Kier molecular flexibility index (Phi) is 5.14. The molecule has 3 rings (SSSR count). The van der Waals surface area contributed by atoms with Gasteiger partial charge in [0, 0.05) is 17.6 Å². The maximum absolute atomic E-state index is 13.7. The summed E-state index contributed by atoms with van der Waals surface area (Å²) in [6.45, 7) is 0.629. The van der Waals surface area contributed by atoms with Gasteiger partial charge in [-0.3, -0.25) is 4.98 Å². The van der Waals surface area contributed by atoms with E-state index in [1.54, 1.807) is 25.0 Å². The molecule has 0 aliphatic carbocycles. The van der Waals surface area contributed by atoms with E-state index >= 15 is 0 Å². The Morgan fingerprint density at radius 3 is 2.54 bits per heavy atom. The molecule has 0 bridgehead atoms. The normalized spacial score (nSPS) is 19.0. The molecular weight excluding hydrogens is 383 g/mol. The van der Waals surface area contributed by atoms with Crippen molar-refractivity contribution in [2.45, 2.75) is 30.0 Å². The Balaban J connectivity index is 2.10. The molecule has 0 spiro atoms. The van der Waals surface area contributed by atoms with Crippen molar-refractivity contribution in [1.82, 2.24) is 9.97 Å². The smallest absolute Gasteiger partial charge is 0.348 e. The molecule has 1 aliphatic heterocycles. The monoisotopic (exact) mass is 403 g/mol. The van der Waals surface area contributed by atoms with Crippen LogP contribution in [-0.2, 0) is 6.18 Å². The Morgan fingerprint density at radius 2 is 1.96 bits per heavy atom. The highest BCUT2D eigenvalue weighted by Crippen LogP contribution is 2.54. The number of pyridine rings is 2. The van der Waals surface area contributed by atoms with Crippen molar-refractivity contribution in [1.29, 1.82) is 0 Å². The Hall–Kier alpha value is -1.47. The lowest BCUT2D eigenvalue weighted by molar-refractivity contribution is -0.139. The molecule has 2 aromatic heterocycles. The average molecular weight is 404 g/mol. The minimum absolute atomic E-state index is 0.0519. The second kappa shape index (κ2) is 6.93. The van der Waals surface area contributed by atoms with Crippen LogP contribution < -0.4 is 4.90 Å². The third kappa shape index (κ3) is 3.78. The first-order valence-electron chi connectivity index (χ1n) is 8.22. The highest BCUT2D eigenvalue weighted by Gasteiger charge is 2.39. The molecule has 1 saturated heterocycles. The number of halogens is 4. The molecule has 0 saturated carbocycles. The maximum atomic E-state index is 13.7. The summed E-state index contributed by atoms with van der Waals surface area (Å²) in [5.41, 5.74) is 0.156. The highest BCUT2D eigenvalue weighted by molar-refractivity contribution is 8.32. The minimum Gasteiger partial charge on any atom is -0.348 e. The maximum Gasteiger partial charge on any atom is 0.417 e. The summed E-state index contributed by atoms with van der Waals surface area (Å²) in [5.74, 6) is 0.267. The largest absolute Gasteiger partial charge is 0.417 e. The molecule has 3 nitrogen and oxygen atoms in total. The molecule has 1 aliphatic rings. The molecule has 26 heavy (non-hydrogen) atoms. The van der Waals surface area contributed by atoms with Crippen LogP contribution in [0.1, 0.15) is 30.1 Å². The first-order valence-corrected chi connectivity index (χ1v) is 11.5. The predicted octanol–water partition coefficient (Wildman–Crippen LogP) is 5.54. The van der Waals surface area contributed by atoms with Crippen LogP contribution in [0.2, 0.25) is 5.15 Å². The molecule has 0 N–H and O–H groups in total. The van der Waals surface area contributed by atoms with Gasteiger partial charge >= 0.3 is 6.18 Å². The van der Waals surface area contributed by atoms with Crippen LogP contribution in [0.3, 0.4) is 0 Å². The van der Waals surface area contributed by atoms with Gasteiger partial charge in [0.25, 0.3) is 0 Å². The average Bonchev–Trinajstić information content (AvgIpc) is 3.02. The lowest BCUT2D eigenvalue weighted by Gasteiger charge is -2.32. The van der Waals surface area contributed by atoms with Crippen LogP contribution in [0, 0.1) is 0 Å². The number of aromatic nitrogens is 2. The minimum atomic E-state index is -4.48. The van der Waals surface area contributed by atoms with Gasteiger partial charge in [-0.2, -0.15) is 13.2 Å². The van der Waals surface area contributed by atoms with Gasteiger partial charge in [0.2, 0.25) is 0 Å². The molecule has 8 heteroatoms. The van der Waals surface area contributed by atoms with Crippen molar-refractivity contribution in [2.75, 3.05) is 30.2 Å². The Labute approximate surface area is 157 Å². The van der Waals surface area contributed by atoms with Gasteiger partial charge in [-0.15, -0.1) is 0 Å². The van der Waals surface area contributed by atoms with Gasteiger partial charge in [0.15, 0.2) is 0 Å². The van der Waals surface area contributed by atoms with Crippen LogP contribution in [0.5, 0.6) is 0 Å². The van der Waals surface area contributed by atoms with Crippen LogP contribution >= 0.6 is 21.6 Å². The van der Waals surface area contributed by atoms with Crippen molar-refractivity contribution in [3.05, 3.63) is 46.9 Å². The summed E-state index contributed by atoms with van der Waals surface area (Å²) < 4.78 is 41.2. The molecule has 142 valence electrons. The number of nitrogens with zero attached hydrogens (tertiary/aromatic N) is 3. The van der Waals surface area contributed by atoms with Crippen molar-refractivity contribution >= 4 is 27.4 Å². The van der Waals surface area contributed by atoms with E-state index in [1.807, 2.05) is 23.1 Å². The molecule has 2 aromatic rings. The third-order valence-electron chi connectivity index (χ3n) is 4.41. The van der Waals surface area contributed by atoms with E-state index in [4.69, 9.17) is 11.6 Å². The van der Waals surface area contributed by atoms with E-state index in [-0.39, 0.29) is 21.9 Å². The van der Waals surface area contributed by atoms with Gasteiger partial charge in [0.05, 0.1) is 17.3 Å². The number of anilines is 1. The summed E-state index contributed by atoms with van der Waals surface area (Å²) in [6.07, 6.45) is 4.28. The second-order valence-electron chi connectivity index (χ2n) is 7.09. The zero-order chi connectivity index (χ0) is 19.1. The van der Waals surface area contributed by atoms with Gasteiger partial charge in [-0.25, -0.2) is 15.0 Å². The predicted molar refractivity (Wildman–Crippen MR) is 101 cm³/mol. The van der Waals surface area contributed by atoms with Gasteiger partial charge < -0.3 is 4.90 Å². The topological polar surface area (TPSA) is 29.0 Å². The zero-order valence-electron chi connectivity index (χ0n) is 14.8. The van der Waals surface area contributed by atoms with Crippen LogP contribution in [-0.4, -0.2) is 35.3 Å². The standard InChI is InChI=1S/C18H21ClF3N3S/c1-26(2,3)16-12(18(20,21)22)11-15(24-17(16)19)25-10-6-8-14(25)13-7-4-5-9-23-13/h4-5,7,9,11,14H,6,8,10H2,1-3H3. The number of hydrogen-bond donors (Lipinski definition) is 0. The van der Waals surface area contributed by atoms with E-state index in [9.17, 15) is 13.2 Å². The first kappa shape index (κ1) is 19.3. The number of alkyl halides is 3. The molecule has 0 amide bonds. The summed E-state index contributed by atoms with van der Waals surface area (Å²) in [5, 5.41) is -0.0519. The van der Waals surface area contributed by atoms with Crippen LogP contribution in [0.15, 0.2) is 35.4 Å². The van der Waals surface area contributed by atoms with Gasteiger partial charge in [0.1, 0.15) is 11.0 Å². The van der Waals surface area contributed by atoms with Crippen molar-refractivity contribution < 1.29 is 13.2 Å². The lowest BCUT2D eigenvalue weighted by atomic mass is 10.1.